The Labute approximate surface area is 198 Å². The van der Waals surface area contributed by atoms with E-state index in [1.54, 1.807) is 29.4 Å². The summed E-state index contributed by atoms with van der Waals surface area (Å²) in [6, 6.07) is 15.1. The smallest absolute Gasteiger partial charge is 0.270 e. The molecule has 0 aliphatic rings. The molecule has 3 rings (SSSR count). The van der Waals surface area contributed by atoms with Crippen LogP contribution in [0.1, 0.15) is 38.8 Å². The molecule has 1 heterocycles. The van der Waals surface area contributed by atoms with Crippen molar-refractivity contribution in [1.29, 1.82) is 0 Å². The molecule has 8 nitrogen and oxygen atoms in total. The fourth-order valence-electron chi connectivity index (χ4n) is 3.44. The number of nitrogens with zero attached hydrogens (tertiary/aromatic N) is 6. The molecule has 0 fully saturated rings. The van der Waals surface area contributed by atoms with Crippen molar-refractivity contribution in [1.82, 2.24) is 14.9 Å². The largest absolute Gasteiger partial charge is 0.370 e. The van der Waals surface area contributed by atoms with Gasteiger partial charge in [0, 0.05) is 42.2 Å². The summed E-state index contributed by atoms with van der Waals surface area (Å²) in [7, 11) is 0. The lowest BCUT2D eigenvalue weighted by Crippen LogP contribution is -2.32. The van der Waals surface area contributed by atoms with Crippen LogP contribution in [0.4, 0.5) is 11.4 Å². The van der Waals surface area contributed by atoms with Gasteiger partial charge in [0.15, 0.2) is 0 Å². The minimum absolute atomic E-state index is 0.0386. The van der Waals surface area contributed by atoms with E-state index in [0.29, 0.717) is 22.6 Å². The molecule has 0 N–H and O–H groups in total. The summed E-state index contributed by atoms with van der Waals surface area (Å²) < 4.78 is 1.60. The predicted octanol–water partition coefficient (Wildman–Crippen LogP) is 5.48. The maximum atomic E-state index is 11.4. The number of anilines is 1. The topological polar surface area (TPSA) is 89.5 Å². The lowest BCUT2D eigenvalue weighted by Gasteiger charge is -2.29. The number of hydrogen-bond acceptors (Lipinski definition) is 7. The third-order valence-corrected chi connectivity index (χ3v) is 5.77. The van der Waals surface area contributed by atoms with Crippen LogP contribution in [0.25, 0.3) is 0 Å². The Hall–Kier alpha value is -3.20. The lowest BCUT2D eigenvalue weighted by molar-refractivity contribution is -0.384. The molecule has 0 spiro atoms. The van der Waals surface area contributed by atoms with Crippen molar-refractivity contribution in [3.05, 3.63) is 76.1 Å². The van der Waals surface area contributed by atoms with Gasteiger partial charge in [-0.15, -0.1) is 10.2 Å². The van der Waals surface area contributed by atoms with Gasteiger partial charge < -0.3 is 4.90 Å². The summed E-state index contributed by atoms with van der Waals surface area (Å²) in [4.78, 5) is 13.3. The summed E-state index contributed by atoms with van der Waals surface area (Å²) in [5.41, 5.74) is 2.84. The first-order valence-corrected chi connectivity index (χ1v) is 12.0. The zero-order valence-electron chi connectivity index (χ0n) is 19.5. The Kier molecular flexibility index (Phi) is 8.59. The Morgan fingerprint density at radius 3 is 2.45 bits per heavy atom. The van der Waals surface area contributed by atoms with Crippen molar-refractivity contribution in [3.63, 3.8) is 0 Å². The van der Waals surface area contributed by atoms with Crippen molar-refractivity contribution in [2.75, 3.05) is 18.0 Å². The highest BCUT2D eigenvalue weighted by atomic mass is 32.2. The standard InChI is InChI=1S/C24H30N6O2S/c1-18(2)14-28(15-19(3)4)23-11-10-22(30(31)32)12-21(23)13-26-29-17-25-27-24(29)33-16-20-8-6-5-7-9-20/h5-13,17-19H,14-16H2,1-4H3/b26-13-. The van der Waals surface area contributed by atoms with Gasteiger partial charge in [0.25, 0.3) is 5.69 Å². The normalized spacial score (nSPS) is 11.6. The number of non-ortho nitro benzene ring substituents is 1. The summed E-state index contributed by atoms with van der Waals surface area (Å²) in [5.74, 6) is 1.64. The molecule has 3 aromatic rings. The molecule has 0 atom stereocenters. The fourth-order valence-corrected chi connectivity index (χ4v) is 4.26. The van der Waals surface area contributed by atoms with E-state index in [-0.39, 0.29) is 10.6 Å². The number of nitro groups is 1. The number of benzene rings is 2. The summed E-state index contributed by atoms with van der Waals surface area (Å²) >= 11 is 1.53. The predicted molar refractivity (Wildman–Crippen MR) is 134 cm³/mol. The highest BCUT2D eigenvalue weighted by Crippen LogP contribution is 2.27. The van der Waals surface area contributed by atoms with Gasteiger partial charge in [-0.25, -0.2) is 0 Å². The van der Waals surface area contributed by atoms with Gasteiger partial charge in [0.1, 0.15) is 6.33 Å². The first-order chi connectivity index (χ1) is 15.8. The quantitative estimate of drug-likeness (QED) is 0.161. The monoisotopic (exact) mass is 466 g/mol. The van der Waals surface area contributed by atoms with Crippen molar-refractivity contribution < 1.29 is 4.92 Å². The molecule has 0 saturated heterocycles. The molecule has 0 aliphatic carbocycles. The first kappa shape index (κ1) is 24.4. The highest BCUT2D eigenvalue weighted by Gasteiger charge is 2.17. The Balaban J connectivity index is 1.89. The number of thioether (sulfide) groups is 1. The summed E-state index contributed by atoms with van der Waals surface area (Å²) in [6.45, 7) is 10.4. The van der Waals surface area contributed by atoms with E-state index in [2.05, 4.69) is 60.0 Å². The fraction of sp³-hybridized carbons (Fsp3) is 0.375. The molecule has 33 heavy (non-hydrogen) atoms. The number of aromatic nitrogens is 3. The van der Waals surface area contributed by atoms with E-state index in [1.807, 2.05) is 24.3 Å². The number of hydrogen-bond donors (Lipinski definition) is 0. The molecule has 0 amide bonds. The van der Waals surface area contributed by atoms with Crippen molar-refractivity contribution >= 4 is 29.4 Å². The minimum Gasteiger partial charge on any atom is -0.370 e. The van der Waals surface area contributed by atoms with Crippen LogP contribution in [0.5, 0.6) is 0 Å². The van der Waals surface area contributed by atoms with E-state index >= 15 is 0 Å². The lowest BCUT2D eigenvalue weighted by atomic mass is 10.1. The molecule has 0 aliphatic heterocycles. The van der Waals surface area contributed by atoms with Crippen molar-refractivity contribution in [3.8, 4) is 0 Å². The average molecular weight is 467 g/mol. The van der Waals surface area contributed by atoms with E-state index in [0.717, 1.165) is 24.5 Å². The highest BCUT2D eigenvalue weighted by molar-refractivity contribution is 7.98. The van der Waals surface area contributed by atoms with Gasteiger partial charge in [-0.05, 0) is 23.5 Å². The molecular weight excluding hydrogens is 436 g/mol. The maximum Gasteiger partial charge on any atom is 0.270 e. The summed E-state index contributed by atoms with van der Waals surface area (Å²) in [6.07, 6.45) is 3.20. The second-order valence-electron chi connectivity index (χ2n) is 8.67. The van der Waals surface area contributed by atoms with Gasteiger partial charge in [-0.3, -0.25) is 10.1 Å². The Morgan fingerprint density at radius 2 is 1.82 bits per heavy atom. The maximum absolute atomic E-state index is 11.4. The molecule has 0 bridgehead atoms. The minimum atomic E-state index is -0.379. The van der Waals surface area contributed by atoms with Crippen LogP contribution in [-0.2, 0) is 5.75 Å². The van der Waals surface area contributed by atoms with Crippen LogP contribution in [0.3, 0.4) is 0 Å². The molecule has 174 valence electrons. The molecule has 0 saturated carbocycles. The Morgan fingerprint density at radius 1 is 1.12 bits per heavy atom. The second kappa shape index (κ2) is 11.6. The van der Waals surface area contributed by atoms with E-state index in [4.69, 9.17) is 0 Å². The van der Waals surface area contributed by atoms with Gasteiger partial charge in [-0.2, -0.15) is 9.78 Å². The average Bonchev–Trinajstić information content (AvgIpc) is 3.23. The molecule has 0 unspecified atom stereocenters. The van der Waals surface area contributed by atoms with E-state index in [9.17, 15) is 10.1 Å². The summed E-state index contributed by atoms with van der Waals surface area (Å²) in [5, 5.41) is 24.8. The van der Waals surface area contributed by atoms with Crippen molar-refractivity contribution in [2.24, 2.45) is 16.9 Å². The third kappa shape index (κ3) is 7.15. The van der Waals surface area contributed by atoms with Crippen LogP contribution >= 0.6 is 11.8 Å². The van der Waals surface area contributed by atoms with Gasteiger partial charge >= 0.3 is 0 Å². The SMILES string of the molecule is CC(C)CN(CC(C)C)c1ccc([N+](=O)[O-])cc1/C=N\n1cnnc1SCc1ccccc1. The zero-order valence-corrected chi connectivity index (χ0v) is 20.3. The van der Waals surface area contributed by atoms with Crippen LogP contribution in [0.15, 0.2) is 65.1 Å². The molecule has 2 aromatic carbocycles. The van der Waals surface area contributed by atoms with E-state index < -0.39 is 0 Å². The van der Waals surface area contributed by atoms with Gasteiger partial charge in [-0.1, -0.05) is 69.8 Å². The molecule has 1 aromatic heterocycles. The van der Waals surface area contributed by atoms with Crippen LogP contribution in [-0.4, -0.2) is 39.1 Å². The molecule has 9 heteroatoms. The number of rotatable bonds is 11. The van der Waals surface area contributed by atoms with Crippen LogP contribution < -0.4 is 4.90 Å². The zero-order chi connectivity index (χ0) is 23.8. The van der Waals surface area contributed by atoms with Crippen LogP contribution in [0, 0.1) is 22.0 Å². The molecule has 0 radical (unpaired) electrons. The second-order valence-corrected chi connectivity index (χ2v) is 9.61. The van der Waals surface area contributed by atoms with E-state index in [1.165, 1.54) is 17.3 Å². The molecular formula is C24H30N6O2S. The van der Waals surface area contributed by atoms with Gasteiger partial charge in [0.05, 0.1) is 11.1 Å². The third-order valence-electron chi connectivity index (χ3n) is 4.77. The van der Waals surface area contributed by atoms with Crippen LogP contribution in [0.2, 0.25) is 0 Å². The number of nitro benzene ring substituents is 1. The Bertz CT molecular complexity index is 1070. The van der Waals surface area contributed by atoms with Crippen molar-refractivity contribution in [2.45, 2.75) is 38.6 Å². The van der Waals surface area contributed by atoms with Gasteiger partial charge in [0.2, 0.25) is 5.16 Å². The first-order valence-electron chi connectivity index (χ1n) is 11.0.